The molecular weight excluding hydrogens is 237 g/mol. The monoisotopic (exact) mass is 253 g/mol. The van der Waals surface area contributed by atoms with E-state index < -0.39 is 0 Å². The Bertz CT molecular complexity index is 562. The lowest BCUT2D eigenvalue weighted by Gasteiger charge is -2.40. The zero-order chi connectivity index (χ0) is 13.1. The van der Waals surface area contributed by atoms with Gasteiger partial charge in [-0.15, -0.1) is 0 Å². The van der Waals surface area contributed by atoms with E-state index in [1.165, 1.54) is 11.3 Å². The summed E-state index contributed by atoms with van der Waals surface area (Å²) in [7, 11) is 7.85. The molecule has 4 nitrogen and oxygen atoms in total. The molecule has 2 radical (unpaired) electrons. The first-order valence-electron chi connectivity index (χ1n) is 6.82. The Kier molecular flexibility index (Phi) is 2.25. The van der Waals surface area contributed by atoms with Gasteiger partial charge in [0, 0.05) is 19.0 Å². The van der Waals surface area contributed by atoms with Gasteiger partial charge in [0.05, 0.1) is 17.9 Å². The van der Waals surface area contributed by atoms with E-state index in [0.29, 0.717) is 18.5 Å². The van der Waals surface area contributed by atoms with Crippen molar-refractivity contribution in [1.29, 1.82) is 0 Å². The van der Waals surface area contributed by atoms with Crippen molar-refractivity contribution in [2.45, 2.75) is 18.4 Å². The lowest BCUT2D eigenvalue weighted by atomic mass is 9.88. The number of piperidine rings is 1. The van der Waals surface area contributed by atoms with Crippen molar-refractivity contribution < 1.29 is 4.79 Å². The number of fused-ring (bicyclic) bond motifs is 3. The Morgan fingerprint density at radius 3 is 3.05 bits per heavy atom. The number of likely N-dealkylation sites (N-methyl/N-ethyl adjacent to an activating group) is 1. The summed E-state index contributed by atoms with van der Waals surface area (Å²) in [5.74, 6) is 0.619. The molecular formula is C14H16BN3O. The van der Waals surface area contributed by atoms with Gasteiger partial charge in [-0.3, -0.25) is 4.79 Å². The van der Waals surface area contributed by atoms with E-state index in [0.717, 1.165) is 25.2 Å². The second-order valence-corrected chi connectivity index (χ2v) is 5.75. The quantitative estimate of drug-likeness (QED) is 0.637. The number of rotatable bonds is 0. The molecule has 0 N–H and O–H groups in total. The molecule has 1 aromatic rings. The SMILES string of the molecule is [B]N1CCC2C(C1)c1cccc3c1N2CC(=O)N3C. The first-order chi connectivity index (χ1) is 9.16. The Hall–Kier alpha value is -1.49. The summed E-state index contributed by atoms with van der Waals surface area (Å²) in [6.45, 7) is 2.30. The predicted molar refractivity (Wildman–Crippen MR) is 75.7 cm³/mol. The predicted octanol–water partition coefficient (Wildman–Crippen LogP) is 0.724. The topological polar surface area (TPSA) is 26.8 Å². The maximum Gasteiger partial charge on any atom is 0.246 e. The molecule has 96 valence electrons. The first kappa shape index (κ1) is 11.4. The van der Waals surface area contributed by atoms with Gasteiger partial charge in [-0.25, -0.2) is 0 Å². The second kappa shape index (κ2) is 3.76. The molecule has 3 heterocycles. The minimum absolute atomic E-state index is 0.181. The number of hydrogen-bond donors (Lipinski definition) is 0. The number of amides is 1. The van der Waals surface area contributed by atoms with Gasteiger partial charge in [-0.2, -0.15) is 0 Å². The van der Waals surface area contributed by atoms with E-state index >= 15 is 0 Å². The van der Waals surface area contributed by atoms with Gasteiger partial charge >= 0.3 is 0 Å². The van der Waals surface area contributed by atoms with Gasteiger partial charge in [-0.1, -0.05) is 12.1 Å². The van der Waals surface area contributed by atoms with Crippen molar-refractivity contribution >= 4 is 25.3 Å². The minimum atomic E-state index is 0.181. The van der Waals surface area contributed by atoms with Crippen LogP contribution in [0.15, 0.2) is 18.2 Å². The molecule has 1 aromatic carbocycles. The molecule has 2 unspecified atom stereocenters. The molecule has 0 aliphatic carbocycles. The van der Waals surface area contributed by atoms with E-state index in [1.807, 2.05) is 17.9 Å². The number of hydrogen-bond acceptors (Lipinski definition) is 3. The number of nitrogens with zero attached hydrogens (tertiary/aromatic N) is 3. The largest absolute Gasteiger partial charge is 0.357 e. The average molecular weight is 253 g/mol. The van der Waals surface area contributed by atoms with Gasteiger partial charge in [0.15, 0.2) is 7.98 Å². The summed E-state index contributed by atoms with van der Waals surface area (Å²) in [6.07, 6.45) is 1.03. The van der Waals surface area contributed by atoms with E-state index in [1.54, 1.807) is 4.90 Å². The highest BCUT2D eigenvalue weighted by atomic mass is 16.2. The van der Waals surface area contributed by atoms with Crippen molar-refractivity contribution in [3.63, 3.8) is 0 Å². The van der Waals surface area contributed by atoms with Crippen LogP contribution in [0.25, 0.3) is 0 Å². The molecule has 2 atom stereocenters. The Morgan fingerprint density at radius 2 is 2.21 bits per heavy atom. The standard InChI is InChI=1S/C14H16BN3O/c1-16-12-4-2-3-9-10-7-17(15)6-5-11(10)18(14(9)12)8-13(16)19/h2-4,10-11H,5-8H2,1H3. The number of anilines is 2. The van der Waals surface area contributed by atoms with E-state index in [4.69, 9.17) is 7.98 Å². The van der Waals surface area contributed by atoms with Crippen molar-refractivity contribution in [3.05, 3.63) is 23.8 Å². The third kappa shape index (κ3) is 1.42. The van der Waals surface area contributed by atoms with Crippen molar-refractivity contribution in [2.24, 2.45) is 0 Å². The molecule has 1 amide bonds. The maximum absolute atomic E-state index is 12.1. The number of para-hydroxylation sites is 1. The van der Waals surface area contributed by atoms with Gasteiger partial charge in [0.1, 0.15) is 0 Å². The molecule has 5 heteroatoms. The summed E-state index contributed by atoms with van der Waals surface area (Å²) in [5, 5.41) is 0. The lowest BCUT2D eigenvalue weighted by molar-refractivity contribution is -0.117. The van der Waals surface area contributed by atoms with Crippen molar-refractivity contribution in [2.75, 3.05) is 36.5 Å². The average Bonchev–Trinajstić information content (AvgIpc) is 2.71. The van der Waals surface area contributed by atoms with Crippen LogP contribution in [-0.4, -0.2) is 51.4 Å². The molecule has 0 aromatic heterocycles. The fraction of sp³-hybridized carbons (Fsp3) is 0.500. The normalized spacial score (nSPS) is 29.4. The molecule has 19 heavy (non-hydrogen) atoms. The van der Waals surface area contributed by atoms with Crippen molar-refractivity contribution in [1.82, 2.24) is 4.81 Å². The van der Waals surface area contributed by atoms with Crippen molar-refractivity contribution in [3.8, 4) is 0 Å². The second-order valence-electron chi connectivity index (χ2n) is 5.75. The minimum Gasteiger partial charge on any atom is -0.357 e. The highest BCUT2D eigenvalue weighted by molar-refractivity contribution is 6.05. The van der Waals surface area contributed by atoms with Crippen LogP contribution in [-0.2, 0) is 4.79 Å². The van der Waals surface area contributed by atoms with Crippen LogP contribution in [0.4, 0.5) is 11.4 Å². The summed E-state index contributed by atoms with van der Waals surface area (Å²) >= 11 is 0. The van der Waals surface area contributed by atoms with Crippen LogP contribution in [0.5, 0.6) is 0 Å². The van der Waals surface area contributed by atoms with E-state index in [2.05, 4.69) is 17.0 Å². The van der Waals surface area contributed by atoms with Crippen LogP contribution < -0.4 is 9.80 Å². The van der Waals surface area contributed by atoms with Crippen LogP contribution in [0.3, 0.4) is 0 Å². The summed E-state index contributed by atoms with van der Waals surface area (Å²) in [4.78, 5) is 18.1. The Balaban J connectivity index is 1.88. The number of benzene rings is 1. The molecule has 3 aliphatic rings. The first-order valence-corrected chi connectivity index (χ1v) is 6.82. The van der Waals surface area contributed by atoms with Gasteiger partial charge < -0.3 is 14.6 Å². The van der Waals surface area contributed by atoms with Gasteiger partial charge in [0.25, 0.3) is 0 Å². The molecule has 1 saturated heterocycles. The zero-order valence-corrected chi connectivity index (χ0v) is 11.0. The third-order valence-electron chi connectivity index (χ3n) is 4.78. The molecule has 0 bridgehead atoms. The Labute approximate surface area is 114 Å². The van der Waals surface area contributed by atoms with Gasteiger partial charge in [-0.05, 0) is 31.1 Å². The molecule has 0 saturated carbocycles. The number of carbonyl (C=O) groups is 1. The summed E-state index contributed by atoms with van der Waals surface area (Å²) in [6, 6.07) is 6.73. The molecule has 0 spiro atoms. The van der Waals surface area contributed by atoms with E-state index in [9.17, 15) is 4.79 Å². The third-order valence-corrected chi connectivity index (χ3v) is 4.78. The summed E-state index contributed by atoms with van der Waals surface area (Å²) in [5.41, 5.74) is 3.67. The Morgan fingerprint density at radius 1 is 1.37 bits per heavy atom. The smallest absolute Gasteiger partial charge is 0.246 e. The van der Waals surface area contributed by atoms with Crippen LogP contribution in [0.1, 0.15) is 17.9 Å². The van der Waals surface area contributed by atoms with Crippen LogP contribution in [0, 0.1) is 0 Å². The zero-order valence-electron chi connectivity index (χ0n) is 11.0. The van der Waals surface area contributed by atoms with Gasteiger partial charge in [0.2, 0.25) is 5.91 Å². The maximum atomic E-state index is 12.1. The molecule has 4 rings (SSSR count). The highest BCUT2D eigenvalue weighted by Crippen LogP contribution is 2.50. The fourth-order valence-corrected chi connectivity index (χ4v) is 3.82. The highest BCUT2D eigenvalue weighted by Gasteiger charge is 2.45. The van der Waals surface area contributed by atoms with Crippen LogP contribution >= 0.6 is 0 Å². The lowest BCUT2D eigenvalue weighted by Crippen LogP contribution is -2.50. The summed E-state index contributed by atoms with van der Waals surface area (Å²) < 4.78 is 0. The fourth-order valence-electron chi connectivity index (χ4n) is 3.82. The number of carbonyl (C=O) groups excluding carboxylic acids is 1. The molecule has 1 fully saturated rings. The molecule has 3 aliphatic heterocycles. The van der Waals surface area contributed by atoms with Crippen LogP contribution in [0.2, 0.25) is 0 Å². The van der Waals surface area contributed by atoms with E-state index in [-0.39, 0.29) is 5.91 Å².